The largest absolute Gasteiger partial charge is 0.454 e. The Morgan fingerprint density at radius 1 is 1.15 bits per heavy atom. The molecule has 1 aromatic carbocycles. The van der Waals surface area contributed by atoms with Crippen molar-refractivity contribution in [3.63, 3.8) is 0 Å². The van der Waals surface area contributed by atoms with Gasteiger partial charge in [0.15, 0.2) is 11.9 Å². The van der Waals surface area contributed by atoms with Gasteiger partial charge in [-0.2, -0.15) is 4.31 Å². The highest BCUT2D eigenvalue weighted by Gasteiger charge is 2.34. The third kappa shape index (κ3) is 3.83. The minimum absolute atomic E-state index is 0.199. The van der Waals surface area contributed by atoms with Crippen LogP contribution in [-0.4, -0.2) is 43.7 Å². The number of ether oxygens (including phenoxy) is 1. The fourth-order valence-electron chi connectivity index (χ4n) is 3.54. The van der Waals surface area contributed by atoms with E-state index in [0.29, 0.717) is 17.7 Å². The minimum atomic E-state index is -3.54. The lowest BCUT2D eigenvalue weighted by Crippen LogP contribution is -2.41. The Kier molecular flexibility index (Phi) is 5.48. The highest BCUT2D eigenvalue weighted by atomic mass is 32.2. The summed E-state index contributed by atoms with van der Waals surface area (Å²) in [6.07, 6.45) is 3.09. The summed E-state index contributed by atoms with van der Waals surface area (Å²) in [5.41, 5.74) is 2.37. The second-order valence-electron chi connectivity index (χ2n) is 7.15. The summed E-state index contributed by atoms with van der Waals surface area (Å²) in [7, 11) is -3.54. The van der Waals surface area contributed by atoms with E-state index in [0.717, 1.165) is 24.8 Å². The maximum Gasteiger partial charge on any atom is 0.309 e. The fourth-order valence-corrected chi connectivity index (χ4v) is 5.06. The van der Waals surface area contributed by atoms with Gasteiger partial charge < -0.3 is 4.74 Å². The summed E-state index contributed by atoms with van der Waals surface area (Å²) >= 11 is 0. The van der Waals surface area contributed by atoms with Gasteiger partial charge in [0, 0.05) is 13.1 Å². The van der Waals surface area contributed by atoms with Crippen molar-refractivity contribution in [1.82, 2.24) is 4.31 Å². The number of rotatable bonds is 5. The molecule has 26 heavy (non-hydrogen) atoms. The van der Waals surface area contributed by atoms with Gasteiger partial charge in [0.1, 0.15) is 0 Å². The molecule has 1 saturated heterocycles. The molecule has 0 spiro atoms. The quantitative estimate of drug-likeness (QED) is 0.732. The van der Waals surface area contributed by atoms with Gasteiger partial charge in [-0.3, -0.25) is 9.59 Å². The first-order valence-corrected chi connectivity index (χ1v) is 10.6. The molecule has 1 fully saturated rings. The third-order valence-corrected chi connectivity index (χ3v) is 7.26. The van der Waals surface area contributed by atoms with Gasteiger partial charge in [0.2, 0.25) is 10.0 Å². The first-order chi connectivity index (χ1) is 12.3. The first kappa shape index (κ1) is 19.0. The lowest BCUT2D eigenvalue weighted by molar-refractivity contribution is -0.158. The number of hydrogen-bond acceptors (Lipinski definition) is 5. The molecule has 0 amide bonds. The van der Waals surface area contributed by atoms with Crippen LogP contribution in [0.2, 0.25) is 0 Å². The van der Waals surface area contributed by atoms with Crippen LogP contribution in [0.5, 0.6) is 0 Å². The predicted molar refractivity (Wildman–Crippen MR) is 96.2 cm³/mol. The number of carbonyl (C=O) groups excluding carboxylic acids is 2. The zero-order valence-electron chi connectivity index (χ0n) is 15.2. The molecule has 1 aromatic rings. The molecular weight excluding hydrogens is 354 g/mol. The molecule has 1 atom stereocenters. The van der Waals surface area contributed by atoms with Crippen molar-refractivity contribution in [3.05, 3.63) is 29.3 Å². The number of benzene rings is 1. The molecule has 1 aliphatic carbocycles. The molecule has 0 bridgehead atoms. The molecule has 1 aliphatic heterocycles. The molecule has 0 N–H and O–H groups in total. The van der Waals surface area contributed by atoms with Gasteiger partial charge >= 0.3 is 5.97 Å². The van der Waals surface area contributed by atoms with Crippen LogP contribution in [0.3, 0.4) is 0 Å². The zero-order chi connectivity index (χ0) is 18.9. The van der Waals surface area contributed by atoms with Crippen molar-refractivity contribution in [2.75, 3.05) is 13.1 Å². The van der Waals surface area contributed by atoms with Gasteiger partial charge in [-0.15, -0.1) is 0 Å². The van der Waals surface area contributed by atoms with Crippen molar-refractivity contribution in [2.45, 2.75) is 57.0 Å². The Balaban J connectivity index is 1.64. The second-order valence-corrected chi connectivity index (χ2v) is 9.09. The fraction of sp³-hybridized carbons (Fsp3) is 0.579. The summed E-state index contributed by atoms with van der Waals surface area (Å²) in [6.45, 7) is 3.50. The number of sulfonamides is 1. The van der Waals surface area contributed by atoms with Gasteiger partial charge in [0.25, 0.3) is 0 Å². The number of esters is 1. The SMILES string of the molecule is CC(=O)C(C)OC(=O)C1CCN(S(=O)(=O)c2ccc3c(c2)CCC3)CC1. The Bertz CT molecular complexity index is 809. The summed E-state index contributed by atoms with van der Waals surface area (Å²) < 4.78 is 32.4. The van der Waals surface area contributed by atoms with E-state index in [2.05, 4.69) is 0 Å². The van der Waals surface area contributed by atoms with Crippen LogP contribution >= 0.6 is 0 Å². The van der Waals surface area contributed by atoms with Gasteiger partial charge in [-0.1, -0.05) is 6.07 Å². The van der Waals surface area contributed by atoms with Crippen LogP contribution in [0.1, 0.15) is 44.2 Å². The maximum absolute atomic E-state index is 12.9. The highest BCUT2D eigenvalue weighted by molar-refractivity contribution is 7.89. The van der Waals surface area contributed by atoms with Crippen molar-refractivity contribution in [1.29, 1.82) is 0 Å². The molecule has 0 aromatic heterocycles. The molecule has 2 aliphatic rings. The van der Waals surface area contributed by atoms with Crippen LogP contribution < -0.4 is 0 Å². The van der Waals surface area contributed by atoms with Gasteiger partial charge in [0.05, 0.1) is 10.8 Å². The molecular formula is C19H25NO5S. The van der Waals surface area contributed by atoms with E-state index >= 15 is 0 Å². The summed E-state index contributed by atoms with van der Waals surface area (Å²) in [5.74, 6) is -0.972. The van der Waals surface area contributed by atoms with E-state index in [1.54, 1.807) is 19.1 Å². The normalized spacial score (nSPS) is 19.8. The Morgan fingerprint density at radius 2 is 1.81 bits per heavy atom. The van der Waals surface area contributed by atoms with Crippen molar-refractivity contribution in [2.24, 2.45) is 5.92 Å². The standard InChI is InChI=1S/C19H25NO5S/c1-13(21)14(2)25-19(22)16-8-10-20(11-9-16)26(23,24)18-7-6-15-4-3-5-17(15)12-18/h6-7,12,14,16H,3-5,8-11H2,1-2H3. The van der Waals surface area contributed by atoms with Crippen LogP contribution in [0.4, 0.5) is 0 Å². The molecule has 0 saturated carbocycles. The summed E-state index contributed by atoms with van der Waals surface area (Å²) in [6, 6.07) is 5.41. The van der Waals surface area contributed by atoms with Crippen molar-refractivity contribution >= 4 is 21.8 Å². The van der Waals surface area contributed by atoms with Crippen molar-refractivity contribution < 1.29 is 22.7 Å². The molecule has 7 heteroatoms. The van der Waals surface area contributed by atoms with E-state index in [4.69, 9.17) is 4.74 Å². The second kappa shape index (κ2) is 7.48. The average Bonchev–Trinajstić information content (AvgIpc) is 3.09. The smallest absolute Gasteiger partial charge is 0.309 e. The zero-order valence-corrected chi connectivity index (χ0v) is 16.0. The maximum atomic E-state index is 12.9. The summed E-state index contributed by atoms with van der Waals surface area (Å²) in [4.78, 5) is 23.7. The van der Waals surface area contributed by atoms with E-state index < -0.39 is 22.1 Å². The third-order valence-electron chi connectivity index (χ3n) is 5.36. The topological polar surface area (TPSA) is 80.8 Å². The number of aryl methyl sites for hydroxylation is 2. The number of carbonyl (C=O) groups is 2. The van der Waals surface area contributed by atoms with Crippen LogP contribution in [0.15, 0.2) is 23.1 Å². The number of piperidine rings is 1. The average molecular weight is 379 g/mol. The van der Waals surface area contributed by atoms with Crippen LogP contribution in [0, 0.1) is 5.92 Å². The molecule has 3 rings (SSSR count). The molecule has 1 heterocycles. The van der Waals surface area contributed by atoms with Crippen LogP contribution in [-0.2, 0) is 37.2 Å². The Labute approximate surface area is 154 Å². The van der Waals surface area contributed by atoms with E-state index in [1.807, 2.05) is 6.07 Å². The highest BCUT2D eigenvalue weighted by Crippen LogP contribution is 2.29. The lowest BCUT2D eigenvalue weighted by atomic mass is 9.98. The first-order valence-electron chi connectivity index (χ1n) is 9.12. The van der Waals surface area contributed by atoms with Gasteiger partial charge in [-0.25, -0.2) is 8.42 Å². The van der Waals surface area contributed by atoms with Crippen LogP contribution in [0.25, 0.3) is 0 Å². The minimum Gasteiger partial charge on any atom is -0.454 e. The number of ketones is 1. The monoisotopic (exact) mass is 379 g/mol. The Morgan fingerprint density at radius 3 is 2.46 bits per heavy atom. The van der Waals surface area contributed by atoms with Gasteiger partial charge in [-0.05, 0) is 69.2 Å². The van der Waals surface area contributed by atoms with E-state index in [9.17, 15) is 18.0 Å². The van der Waals surface area contributed by atoms with E-state index in [-0.39, 0.29) is 24.8 Å². The number of Topliss-reactive ketones (excluding diaryl/α,β-unsaturated/α-hetero) is 1. The number of hydrogen-bond donors (Lipinski definition) is 0. The molecule has 142 valence electrons. The number of nitrogens with zero attached hydrogens (tertiary/aromatic N) is 1. The molecule has 6 nitrogen and oxygen atoms in total. The summed E-state index contributed by atoms with van der Waals surface area (Å²) in [5, 5.41) is 0. The molecule has 0 radical (unpaired) electrons. The van der Waals surface area contributed by atoms with E-state index in [1.165, 1.54) is 16.8 Å². The van der Waals surface area contributed by atoms with Crippen molar-refractivity contribution in [3.8, 4) is 0 Å². The lowest BCUT2D eigenvalue weighted by Gasteiger charge is -2.30. The molecule has 1 unspecified atom stereocenters. The predicted octanol–water partition coefficient (Wildman–Crippen LogP) is 2.10. The Hall–Kier alpha value is -1.73. The number of fused-ring (bicyclic) bond motifs is 1.